The summed E-state index contributed by atoms with van der Waals surface area (Å²) in [5.41, 5.74) is 1.61. The van der Waals surface area contributed by atoms with Crippen molar-refractivity contribution in [2.75, 3.05) is 4.31 Å². The van der Waals surface area contributed by atoms with E-state index < -0.39 is 21.7 Å². The quantitative estimate of drug-likeness (QED) is 0.499. The zero-order chi connectivity index (χ0) is 20.6. The summed E-state index contributed by atoms with van der Waals surface area (Å²) in [5, 5.41) is 7.62. The number of halogens is 2. The Kier molecular flexibility index (Phi) is 4.75. The van der Waals surface area contributed by atoms with E-state index in [-0.39, 0.29) is 22.8 Å². The van der Waals surface area contributed by atoms with Crippen molar-refractivity contribution < 1.29 is 17.2 Å². The maximum atomic E-state index is 13.9. The highest BCUT2D eigenvalue weighted by Gasteiger charge is 2.29. The second-order valence-corrected chi connectivity index (χ2v) is 8.39. The Bertz CT molecular complexity index is 1280. The molecule has 0 bridgehead atoms. The van der Waals surface area contributed by atoms with Crippen LogP contribution in [0.1, 0.15) is 11.1 Å². The first kappa shape index (κ1) is 19.0. The summed E-state index contributed by atoms with van der Waals surface area (Å²) in [7, 11) is -4.22. The molecule has 9 heteroatoms. The van der Waals surface area contributed by atoms with E-state index in [9.17, 15) is 17.2 Å². The molecule has 2 aromatic heterocycles. The lowest BCUT2D eigenvalue weighted by molar-refractivity contribution is 0.580. The van der Waals surface area contributed by atoms with E-state index in [0.717, 1.165) is 22.0 Å². The Balaban J connectivity index is 1.90. The fourth-order valence-corrected chi connectivity index (χ4v) is 4.69. The van der Waals surface area contributed by atoms with Gasteiger partial charge in [-0.3, -0.25) is 8.71 Å². The fraction of sp³-hybridized carbons (Fsp3) is 0.100. The molecule has 2 aromatic carbocycles. The van der Waals surface area contributed by atoms with Crippen molar-refractivity contribution in [1.29, 1.82) is 0 Å². The number of rotatable bonds is 5. The molecule has 148 valence electrons. The average molecular weight is 414 g/mol. The number of hydrogen-bond donors (Lipinski definition) is 0. The molecule has 6 nitrogen and oxygen atoms in total. The third-order valence-electron chi connectivity index (χ3n) is 4.40. The van der Waals surface area contributed by atoms with Gasteiger partial charge in [0.1, 0.15) is 22.9 Å². The molecule has 0 unspecified atom stereocenters. The zero-order valence-corrected chi connectivity index (χ0v) is 16.1. The SMILES string of the molecule is Cc1cccc(CN(c2cc(F)cc(F)c2)S(=O)(=O)c2cccn3cnnc23)c1. The van der Waals surface area contributed by atoms with Crippen LogP contribution in [0.25, 0.3) is 5.65 Å². The molecular formula is C20H16F2N4O2S. The number of sulfonamides is 1. The summed E-state index contributed by atoms with van der Waals surface area (Å²) in [6.45, 7) is 1.77. The van der Waals surface area contributed by atoms with Gasteiger partial charge in [0.15, 0.2) is 5.65 Å². The number of anilines is 1. The van der Waals surface area contributed by atoms with Gasteiger partial charge in [-0.25, -0.2) is 17.2 Å². The minimum atomic E-state index is -4.22. The van der Waals surface area contributed by atoms with Gasteiger partial charge in [-0.15, -0.1) is 10.2 Å². The highest BCUT2D eigenvalue weighted by molar-refractivity contribution is 7.93. The topological polar surface area (TPSA) is 67.6 Å². The first-order valence-electron chi connectivity index (χ1n) is 8.67. The van der Waals surface area contributed by atoms with Crippen molar-refractivity contribution in [2.24, 2.45) is 0 Å². The second kappa shape index (κ2) is 7.25. The van der Waals surface area contributed by atoms with Crippen LogP contribution in [0.3, 0.4) is 0 Å². The summed E-state index contributed by atoms with van der Waals surface area (Å²) in [5.74, 6) is -1.74. The van der Waals surface area contributed by atoms with Crippen molar-refractivity contribution in [2.45, 2.75) is 18.4 Å². The van der Waals surface area contributed by atoms with E-state index in [2.05, 4.69) is 10.2 Å². The van der Waals surface area contributed by atoms with Crippen molar-refractivity contribution in [3.05, 3.63) is 89.9 Å². The molecule has 0 fully saturated rings. The molecule has 0 atom stereocenters. The van der Waals surface area contributed by atoms with Crippen LogP contribution in [0.4, 0.5) is 14.5 Å². The lowest BCUT2D eigenvalue weighted by atomic mass is 10.1. The summed E-state index contributed by atoms with van der Waals surface area (Å²) in [6, 6.07) is 12.8. The van der Waals surface area contributed by atoms with E-state index in [1.165, 1.54) is 16.8 Å². The summed E-state index contributed by atoms with van der Waals surface area (Å²) >= 11 is 0. The number of fused-ring (bicyclic) bond motifs is 1. The first-order valence-corrected chi connectivity index (χ1v) is 10.1. The van der Waals surface area contributed by atoms with Crippen LogP contribution >= 0.6 is 0 Å². The average Bonchev–Trinajstić information content (AvgIpc) is 3.14. The summed E-state index contributed by atoms with van der Waals surface area (Å²) in [6.07, 6.45) is 2.99. The van der Waals surface area contributed by atoms with E-state index >= 15 is 0 Å². The molecule has 0 spiro atoms. The standard InChI is InChI=1S/C20H16F2N4O2S/c1-14-4-2-5-15(8-14)12-26(18-10-16(21)9-17(22)11-18)29(27,28)19-6-3-7-25-13-23-24-20(19)25/h2-11,13H,12H2,1H3. The number of aromatic nitrogens is 3. The van der Waals surface area contributed by atoms with E-state index in [1.54, 1.807) is 24.4 Å². The largest absolute Gasteiger partial charge is 0.288 e. The number of pyridine rings is 1. The van der Waals surface area contributed by atoms with Crippen LogP contribution in [-0.2, 0) is 16.6 Å². The summed E-state index contributed by atoms with van der Waals surface area (Å²) in [4.78, 5) is -0.116. The molecule has 2 heterocycles. The van der Waals surface area contributed by atoms with Crippen LogP contribution in [0, 0.1) is 18.6 Å². The molecule has 0 saturated heterocycles. The number of benzene rings is 2. The van der Waals surface area contributed by atoms with Gasteiger partial charge in [0.2, 0.25) is 0 Å². The molecular weight excluding hydrogens is 398 g/mol. The van der Waals surface area contributed by atoms with Gasteiger partial charge in [-0.05, 0) is 36.8 Å². The number of hydrogen-bond acceptors (Lipinski definition) is 4. The zero-order valence-electron chi connectivity index (χ0n) is 15.3. The van der Waals surface area contributed by atoms with Crippen molar-refractivity contribution in [1.82, 2.24) is 14.6 Å². The normalized spacial score (nSPS) is 11.7. The summed E-state index contributed by atoms with van der Waals surface area (Å²) < 4.78 is 57.3. The fourth-order valence-electron chi connectivity index (χ4n) is 3.12. The lowest BCUT2D eigenvalue weighted by Gasteiger charge is -2.25. The minimum absolute atomic E-state index is 0.109. The maximum Gasteiger partial charge on any atom is 0.268 e. The monoisotopic (exact) mass is 414 g/mol. The van der Waals surface area contributed by atoms with Gasteiger partial charge >= 0.3 is 0 Å². The van der Waals surface area contributed by atoms with Gasteiger partial charge in [0.25, 0.3) is 10.0 Å². The Morgan fingerprint density at radius 1 is 1.03 bits per heavy atom. The highest BCUT2D eigenvalue weighted by atomic mass is 32.2. The van der Waals surface area contributed by atoms with Crippen LogP contribution in [0.15, 0.2) is 72.0 Å². The minimum Gasteiger partial charge on any atom is -0.288 e. The maximum absolute atomic E-state index is 13.9. The molecule has 0 aliphatic carbocycles. The molecule has 0 aliphatic heterocycles. The molecule has 29 heavy (non-hydrogen) atoms. The highest BCUT2D eigenvalue weighted by Crippen LogP contribution is 2.29. The van der Waals surface area contributed by atoms with E-state index in [1.807, 2.05) is 19.1 Å². The second-order valence-electron chi connectivity index (χ2n) is 6.56. The third kappa shape index (κ3) is 3.68. The van der Waals surface area contributed by atoms with E-state index in [4.69, 9.17) is 0 Å². The number of nitrogens with zero attached hydrogens (tertiary/aromatic N) is 4. The Morgan fingerprint density at radius 3 is 2.52 bits per heavy atom. The predicted molar refractivity (Wildman–Crippen MR) is 104 cm³/mol. The number of aryl methyl sites for hydroxylation is 1. The Morgan fingerprint density at radius 2 is 1.79 bits per heavy atom. The lowest BCUT2D eigenvalue weighted by Crippen LogP contribution is -2.31. The molecule has 0 saturated carbocycles. The van der Waals surface area contributed by atoms with Gasteiger partial charge in [0, 0.05) is 12.3 Å². The van der Waals surface area contributed by atoms with Crippen LogP contribution in [0.5, 0.6) is 0 Å². The Labute approximate surface area is 166 Å². The third-order valence-corrected chi connectivity index (χ3v) is 6.19. The molecule has 0 N–H and O–H groups in total. The van der Waals surface area contributed by atoms with Gasteiger partial charge < -0.3 is 0 Å². The molecule has 0 amide bonds. The van der Waals surface area contributed by atoms with Crippen molar-refractivity contribution in [3.63, 3.8) is 0 Å². The smallest absolute Gasteiger partial charge is 0.268 e. The van der Waals surface area contributed by atoms with Gasteiger partial charge in [0.05, 0.1) is 12.2 Å². The first-order chi connectivity index (χ1) is 13.8. The van der Waals surface area contributed by atoms with Crippen LogP contribution in [-0.4, -0.2) is 23.0 Å². The molecule has 4 rings (SSSR count). The van der Waals surface area contributed by atoms with Gasteiger partial charge in [-0.2, -0.15) is 0 Å². The molecule has 4 aromatic rings. The van der Waals surface area contributed by atoms with E-state index in [0.29, 0.717) is 11.6 Å². The van der Waals surface area contributed by atoms with Gasteiger partial charge in [-0.1, -0.05) is 29.8 Å². The van der Waals surface area contributed by atoms with Crippen molar-refractivity contribution >= 4 is 21.4 Å². The van der Waals surface area contributed by atoms with Crippen LogP contribution < -0.4 is 4.31 Å². The predicted octanol–water partition coefficient (Wildman–Crippen LogP) is 3.71. The molecule has 0 aliphatic rings. The molecule has 0 radical (unpaired) electrons. The van der Waals surface area contributed by atoms with Crippen LogP contribution in [0.2, 0.25) is 0 Å². The Hall–Kier alpha value is -3.33. The van der Waals surface area contributed by atoms with Crippen molar-refractivity contribution in [3.8, 4) is 0 Å².